The summed E-state index contributed by atoms with van der Waals surface area (Å²) in [6.45, 7) is 8.42. The molecule has 0 saturated carbocycles. The molecular formula is C20H24N4O2. The molecule has 1 fully saturated rings. The molecule has 0 N–H and O–H groups in total. The van der Waals surface area contributed by atoms with E-state index in [4.69, 9.17) is 14.5 Å². The Kier molecular flexibility index (Phi) is 4.51. The third-order valence-corrected chi connectivity index (χ3v) is 4.93. The van der Waals surface area contributed by atoms with E-state index < -0.39 is 0 Å². The van der Waals surface area contributed by atoms with Crippen LogP contribution in [0.4, 0.5) is 5.69 Å². The first-order valence-corrected chi connectivity index (χ1v) is 9.04. The molecule has 0 atom stereocenters. The molecule has 6 heteroatoms. The smallest absolute Gasteiger partial charge is 0.147 e. The van der Waals surface area contributed by atoms with Crippen LogP contribution in [0, 0.1) is 6.92 Å². The lowest BCUT2D eigenvalue weighted by molar-refractivity contribution is 0.122. The topological polar surface area (TPSA) is 52.4 Å². The number of hydrogen-bond acceptors (Lipinski definition) is 5. The Balaban J connectivity index is 1.83. The average molecular weight is 352 g/mol. The number of hydrogen-bond donors (Lipinski definition) is 0. The van der Waals surface area contributed by atoms with E-state index in [9.17, 15) is 0 Å². The first-order valence-electron chi connectivity index (χ1n) is 9.04. The number of fused-ring (bicyclic) bond motifs is 1. The van der Waals surface area contributed by atoms with Gasteiger partial charge in [0.15, 0.2) is 0 Å². The maximum absolute atomic E-state index is 5.69. The minimum absolute atomic E-state index is 0.761. The Morgan fingerprint density at radius 3 is 2.65 bits per heavy atom. The quantitative estimate of drug-likeness (QED) is 0.721. The third kappa shape index (κ3) is 3.01. The van der Waals surface area contributed by atoms with Crippen molar-refractivity contribution in [3.05, 3.63) is 36.3 Å². The molecule has 6 nitrogen and oxygen atoms in total. The van der Waals surface area contributed by atoms with Gasteiger partial charge in [-0.1, -0.05) is 0 Å². The zero-order chi connectivity index (χ0) is 18.1. The summed E-state index contributed by atoms with van der Waals surface area (Å²) in [6.07, 6.45) is 3.87. The summed E-state index contributed by atoms with van der Waals surface area (Å²) in [5.41, 5.74) is 4.97. The molecule has 3 aromatic rings. The van der Waals surface area contributed by atoms with Crippen molar-refractivity contribution in [2.45, 2.75) is 20.4 Å². The molecule has 0 amide bonds. The zero-order valence-electron chi connectivity index (χ0n) is 15.5. The SMILES string of the molecule is CCn1cnc(-c2cc(C)c3cc(N4CCOCC4)cc(OC)c3n2)c1. The van der Waals surface area contributed by atoms with Crippen LogP contribution in [-0.4, -0.2) is 47.9 Å². The number of aryl methyl sites for hydroxylation is 2. The highest BCUT2D eigenvalue weighted by Crippen LogP contribution is 2.34. The van der Waals surface area contributed by atoms with Gasteiger partial charge in [0.25, 0.3) is 0 Å². The maximum atomic E-state index is 5.69. The normalized spacial score (nSPS) is 14.8. The summed E-state index contributed by atoms with van der Waals surface area (Å²) in [5.74, 6) is 0.795. The first-order chi connectivity index (χ1) is 12.7. The van der Waals surface area contributed by atoms with Gasteiger partial charge >= 0.3 is 0 Å². The number of benzene rings is 1. The summed E-state index contributed by atoms with van der Waals surface area (Å²) in [4.78, 5) is 11.7. The second-order valence-electron chi connectivity index (χ2n) is 6.56. The minimum atomic E-state index is 0.761. The molecule has 1 aromatic carbocycles. The van der Waals surface area contributed by atoms with E-state index in [0.717, 1.165) is 66.6 Å². The molecule has 26 heavy (non-hydrogen) atoms. The summed E-state index contributed by atoms with van der Waals surface area (Å²) in [5, 5.41) is 1.12. The van der Waals surface area contributed by atoms with Crippen molar-refractivity contribution in [2.24, 2.45) is 0 Å². The van der Waals surface area contributed by atoms with Crippen LogP contribution in [0.1, 0.15) is 12.5 Å². The number of imidazole rings is 1. The summed E-state index contributed by atoms with van der Waals surface area (Å²) < 4.78 is 13.2. The Bertz CT molecular complexity index is 929. The molecule has 136 valence electrons. The molecule has 2 aromatic heterocycles. The van der Waals surface area contributed by atoms with Gasteiger partial charge in [-0.25, -0.2) is 9.97 Å². The van der Waals surface area contributed by atoms with Gasteiger partial charge in [-0.15, -0.1) is 0 Å². The summed E-state index contributed by atoms with van der Waals surface area (Å²) in [7, 11) is 1.70. The number of aromatic nitrogens is 3. The van der Waals surface area contributed by atoms with Crippen LogP contribution < -0.4 is 9.64 Å². The highest BCUT2D eigenvalue weighted by Gasteiger charge is 2.17. The Morgan fingerprint density at radius 2 is 1.96 bits per heavy atom. The molecule has 0 spiro atoms. The average Bonchev–Trinajstić information content (AvgIpc) is 3.17. The van der Waals surface area contributed by atoms with Crippen LogP contribution in [-0.2, 0) is 11.3 Å². The molecule has 1 aliphatic rings. The maximum Gasteiger partial charge on any atom is 0.147 e. The summed E-state index contributed by atoms with van der Waals surface area (Å²) in [6, 6.07) is 6.39. The third-order valence-electron chi connectivity index (χ3n) is 4.93. The Morgan fingerprint density at radius 1 is 1.15 bits per heavy atom. The molecule has 0 bridgehead atoms. The predicted molar refractivity (Wildman–Crippen MR) is 103 cm³/mol. The number of rotatable bonds is 4. The van der Waals surface area contributed by atoms with Crippen LogP contribution in [0.15, 0.2) is 30.7 Å². The first kappa shape index (κ1) is 16.8. The van der Waals surface area contributed by atoms with Crippen molar-refractivity contribution in [3.8, 4) is 17.1 Å². The van der Waals surface area contributed by atoms with Crippen molar-refractivity contribution in [1.29, 1.82) is 0 Å². The molecule has 0 aliphatic carbocycles. The summed E-state index contributed by atoms with van der Waals surface area (Å²) >= 11 is 0. The second-order valence-corrected chi connectivity index (χ2v) is 6.56. The van der Waals surface area contributed by atoms with Gasteiger partial charge in [0.05, 0.1) is 32.3 Å². The van der Waals surface area contributed by atoms with Crippen LogP contribution >= 0.6 is 0 Å². The monoisotopic (exact) mass is 352 g/mol. The number of pyridine rings is 1. The van der Waals surface area contributed by atoms with E-state index in [1.54, 1.807) is 7.11 Å². The van der Waals surface area contributed by atoms with Gasteiger partial charge < -0.3 is 18.9 Å². The molecule has 1 saturated heterocycles. The van der Waals surface area contributed by atoms with Gasteiger partial charge in [-0.3, -0.25) is 0 Å². The van der Waals surface area contributed by atoms with Gasteiger partial charge in [-0.05, 0) is 31.5 Å². The lowest BCUT2D eigenvalue weighted by atomic mass is 10.1. The van der Waals surface area contributed by atoms with Crippen LogP contribution in [0.25, 0.3) is 22.3 Å². The molecule has 1 aliphatic heterocycles. The van der Waals surface area contributed by atoms with E-state index >= 15 is 0 Å². The fraction of sp³-hybridized carbons (Fsp3) is 0.400. The molecule has 3 heterocycles. The van der Waals surface area contributed by atoms with Crippen LogP contribution in [0.3, 0.4) is 0 Å². The fourth-order valence-electron chi connectivity index (χ4n) is 3.40. The molecular weight excluding hydrogens is 328 g/mol. The van der Waals surface area contributed by atoms with E-state index in [1.165, 1.54) is 5.56 Å². The fourth-order valence-corrected chi connectivity index (χ4v) is 3.40. The lowest BCUT2D eigenvalue weighted by Gasteiger charge is -2.29. The number of nitrogens with zero attached hydrogens (tertiary/aromatic N) is 4. The molecule has 0 unspecified atom stereocenters. The van der Waals surface area contributed by atoms with Crippen LogP contribution in [0.2, 0.25) is 0 Å². The minimum Gasteiger partial charge on any atom is -0.494 e. The van der Waals surface area contributed by atoms with Crippen molar-refractivity contribution < 1.29 is 9.47 Å². The van der Waals surface area contributed by atoms with Gasteiger partial charge in [-0.2, -0.15) is 0 Å². The van der Waals surface area contributed by atoms with E-state index in [0.29, 0.717) is 0 Å². The number of anilines is 1. The lowest BCUT2D eigenvalue weighted by Crippen LogP contribution is -2.36. The van der Waals surface area contributed by atoms with Gasteiger partial charge in [0, 0.05) is 43.0 Å². The number of methoxy groups -OCH3 is 1. The van der Waals surface area contributed by atoms with Crippen molar-refractivity contribution in [2.75, 3.05) is 38.3 Å². The van der Waals surface area contributed by atoms with Gasteiger partial charge in [0.2, 0.25) is 0 Å². The largest absolute Gasteiger partial charge is 0.494 e. The highest BCUT2D eigenvalue weighted by atomic mass is 16.5. The Labute approximate surface area is 153 Å². The highest BCUT2D eigenvalue weighted by molar-refractivity contribution is 5.92. The van der Waals surface area contributed by atoms with E-state index in [-0.39, 0.29) is 0 Å². The van der Waals surface area contributed by atoms with Crippen LogP contribution in [0.5, 0.6) is 5.75 Å². The van der Waals surface area contributed by atoms with Crippen molar-refractivity contribution in [3.63, 3.8) is 0 Å². The molecule has 0 radical (unpaired) electrons. The predicted octanol–water partition coefficient (Wildman–Crippen LogP) is 3.27. The number of morpholine rings is 1. The standard InChI is InChI=1S/C20H24N4O2/c1-4-23-12-18(21-13-23)17-9-14(2)16-10-15(24-5-7-26-8-6-24)11-19(25-3)20(16)22-17/h9-13H,4-8H2,1-3H3. The van der Waals surface area contributed by atoms with E-state index in [2.05, 4.69) is 46.5 Å². The van der Waals surface area contributed by atoms with Crippen molar-refractivity contribution in [1.82, 2.24) is 14.5 Å². The van der Waals surface area contributed by atoms with Gasteiger partial charge in [0.1, 0.15) is 17.0 Å². The zero-order valence-corrected chi connectivity index (χ0v) is 15.5. The van der Waals surface area contributed by atoms with Crippen molar-refractivity contribution >= 4 is 16.6 Å². The Hall–Kier alpha value is -2.60. The number of ether oxygens (including phenoxy) is 2. The molecule has 4 rings (SSSR count). The van der Waals surface area contributed by atoms with E-state index in [1.807, 2.05) is 12.5 Å². The second kappa shape index (κ2) is 6.96.